The standard InChI is InChI=1S/C12H20N4O/c13-7-11-4-2-6-16(11)12(9-17)15-10-3-1-5-14-8-10/h10-11,14,17H,1-6,8-9H2. The third-order valence-electron chi connectivity index (χ3n) is 3.48. The van der Waals surface area contributed by atoms with Crippen molar-refractivity contribution in [2.45, 2.75) is 37.8 Å². The van der Waals surface area contributed by atoms with Crippen LogP contribution in [0.5, 0.6) is 0 Å². The molecule has 2 N–H and O–H groups in total. The van der Waals surface area contributed by atoms with Gasteiger partial charge in [-0.2, -0.15) is 5.26 Å². The van der Waals surface area contributed by atoms with E-state index in [1.165, 1.54) is 0 Å². The molecule has 0 spiro atoms. The minimum absolute atomic E-state index is 0.0608. The fourth-order valence-electron chi connectivity index (χ4n) is 2.57. The Kier molecular flexibility index (Phi) is 4.35. The minimum atomic E-state index is -0.0996. The zero-order valence-electron chi connectivity index (χ0n) is 10.1. The van der Waals surface area contributed by atoms with E-state index in [9.17, 15) is 5.11 Å². The van der Waals surface area contributed by atoms with Gasteiger partial charge in [0.1, 0.15) is 18.5 Å². The van der Waals surface area contributed by atoms with Crippen molar-refractivity contribution in [1.82, 2.24) is 10.2 Å². The van der Waals surface area contributed by atoms with Crippen LogP contribution in [0.3, 0.4) is 0 Å². The number of hydrogen-bond acceptors (Lipinski definition) is 4. The van der Waals surface area contributed by atoms with E-state index >= 15 is 0 Å². The molecule has 0 amide bonds. The number of aliphatic hydroxyl groups is 1. The highest BCUT2D eigenvalue weighted by Crippen LogP contribution is 2.18. The third-order valence-corrected chi connectivity index (χ3v) is 3.48. The summed E-state index contributed by atoms with van der Waals surface area (Å²) in [5, 5.41) is 21.8. The number of likely N-dealkylation sites (tertiary alicyclic amines) is 1. The first-order chi connectivity index (χ1) is 8.35. The van der Waals surface area contributed by atoms with Gasteiger partial charge in [-0.25, -0.2) is 0 Å². The SMILES string of the molecule is N#CC1CCCN1C(CO)=NC1CCCNC1. The zero-order valence-corrected chi connectivity index (χ0v) is 10.1. The highest BCUT2D eigenvalue weighted by atomic mass is 16.3. The molecule has 2 fully saturated rings. The van der Waals surface area contributed by atoms with Gasteiger partial charge in [0.15, 0.2) is 0 Å². The molecule has 2 rings (SSSR count). The summed E-state index contributed by atoms with van der Waals surface area (Å²) in [6.07, 6.45) is 4.11. The summed E-state index contributed by atoms with van der Waals surface area (Å²) < 4.78 is 0. The normalized spacial score (nSPS) is 30.4. The summed E-state index contributed by atoms with van der Waals surface area (Å²) in [5.41, 5.74) is 0. The van der Waals surface area contributed by atoms with Gasteiger partial charge < -0.3 is 15.3 Å². The van der Waals surface area contributed by atoms with Gasteiger partial charge in [-0.15, -0.1) is 0 Å². The van der Waals surface area contributed by atoms with Crippen molar-refractivity contribution in [3.8, 4) is 6.07 Å². The Morgan fingerprint density at radius 2 is 2.35 bits per heavy atom. The lowest BCUT2D eigenvalue weighted by Gasteiger charge is -2.26. The van der Waals surface area contributed by atoms with Crippen LogP contribution in [-0.2, 0) is 0 Å². The van der Waals surface area contributed by atoms with Crippen LogP contribution in [0.1, 0.15) is 25.7 Å². The summed E-state index contributed by atoms with van der Waals surface area (Å²) in [6.45, 7) is 2.73. The molecule has 0 saturated carbocycles. The number of nitriles is 1. The van der Waals surface area contributed by atoms with E-state index in [1.807, 2.05) is 4.90 Å². The van der Waals surface area contributed by atoms with Crippen LogP contribution in [0.4, 0.5) is 0 Å². The molecule has 0 aromatic carbocycles. The molecule has 5 nitrogen and oxygen atoms in total. The minimum Gasteiger partial charge on any atom is -0.388 e. The van der Waals surface area contributed by atoms with Crippen LogP contribution < -0.4 is 5.32 Å². The smallest absolute Gasteiger partial charge is 0.126 e. The van der Waals surface area contributed by atoms with Gasteiger partial charge in [-0.1, -0.05) is 0 Å². The Morgan fingerprint density at radius 1 is 1.47 bits per heavy atom. The average molecular weight is 236 g/mol. The van der Waals surface area contributed by atoms with E-state index < -0.39 is 0 Å². The Hall–Kier alpha value is -1.12. The van der Waals surface area contributed by atoms with Crippen molar-refractivity contribution in [1.29, 1.82) is 5.26 Å². The fourth-order valence-corrected chi connectivity index (χ4v) is 2.57. The molecule has 0 bridgehead atoms. The van der Waals surface area contributed by atoms with Gasteiger partial charge in [0.2, 0.25) is 0 Å². The second-order valence-electron chi connectivity index (χ2n) is 4.68. The Morgan fingerprint density at radius 3 is 3.00 bits per heavy atom. The second kappa shape index (κ2) is 5.99. The predicted molar refractivity (Wildman–Crippen MR) is 65.8 cm³/mol. The Balaban J connectivity index is 2.04. The molecule has 2 aliphatic rings. The van der Waals surface area contributed by atoms with Gasteiger partial charge in [0.25, 0.3) is 0 Å². The molecule has 2 unspecified atom stereocenters. The van der Waals surface area contributed by atoms with Crippen LogP contribution >= 0.6 is 0 Å². The van der Waals surface area contributed by atoms with E-state index in [4.69, 9.17) is 5.26 Å². The first-order valence-corrected chi connectivity index (χ1v) is 6.39. The molecule has 0 aliphatic carbocycles. The molecule has 0 aromatic heterocycles. The summed E-state index contributed by atoms with van der Waals surface area (Å²) in [6, 6.07) is 2.44. The van der Waals surface area contributed by atoms with Crippen LogP contribution in [0, 0.1) is 11.3 Å². The molecule has 17 heavy (non-hydrogen) atoms. The topological polar surface area (TPSA) is 71.7 Å². The highest BCUT2D eigenvalue weighted by molar-refractivity contribution is 5.84. The summed E-state index contributed by atoms with van der Waals surface area (Å²) in [7, 11) is 0. The molecule has 0 aromatic rings. The van der Waals surface area contributed by atoms with Gasteiger partial charge in [0, 0.05) is 13.1 Å². The maximum atomic E-state index is 9.43. The lowest BCUT2D eigenvalue weighted by Crippen LogP contribution is -2.40. The number of aliphatic imine (C=N–C) groups is 1. The molecule has 0 radical (unpaired) electrons. The monoisotopic (exact) mass is 236 g/mol. The second-order valence-corrected chi connectivity index (χ2v) is 4.68. The average Bonchev–Trinajstić information content (AvgIpc) is 2.85. The lowest BCUT2D eigenvalue weighted by molar-refractivity contribution is 0.319. The number of nitrogens with zero attached hydrogens (tertiary/aromatic N) is 3. The number of aliphatic hydroxyl groups excluding tert-OH is 1. The molecule has 2 atom stereocenters. The van der Waals surface area contributed by atoms with Crippen molar-refractivity contribution >= 4 is 5.84 Å². The number of amidine groups is 1. The van der Waals surface area contributed by atoms with Crippen molar-refractivity contribution in [2.24, 2.45) is 4.99 Å². The van der Waals surface area contributed by atoms with Crippen LogP contribution in [0.25, 0.3) is 0 Å². The lowest BCUT2D eigenvalue weighted by atomic mass is 10.1. The summed E-state index contributed by atoms with van der Waals surface area (Å²) >= 11 is 0. The first-order valence-electron chi connectivity index (χ1n) is 6.39. The molecular weight excluding hydrogens is 216 g/mol. The van der Waals surface area contributed by atoms with Gasteiger partial charge >= 0.3 is 0 Å². The first kappa shape index (κ1) is 12.3. The van der Waals surface area contributed by atoms with Gasteiger partial charge in [-0.05, 0) is 32.2 Å². The summed E-state index contributed by atoms with van der Waals surface area (Å²) in [5.74, 6) is 0.697. The van der Waals surface area contributed by atoms with Crippen LogP contribution in [-0.4, -0.2) is 54.2 Å². The molecular formula is C12H20N4O. The Labute approximate surface area is 102 Å². The highest BCUT2D eigenvalue weighted by Gasteiger charge is 2.27. The molecule has 2 heterocycles. The van der Waals surface area contributed by atoms with E-state index in [0.717, 1.165) is 45.3 Å². The maximum Gasteiger partial charge on any atom is 0.126 e. The number of rotatable bonds is 2. The van der Waals surface area contributed by atoms with E-state index in [0.29, 0.717) is 5.84 Å². The van der Waals surface area contributed by atoms with E-state index in [2.05, 4.69) is 16.4 Å². The fraction of sp³-hybridized carbons (Fsp3) is 0.833. The van der Waals surface area contributed by atoms with E-state index in [-0.39, 0.29) is 18.7 Å². The van der Waals surface area contributed by atoms with Crippen molar-refractivity contribution in [3.05, 3.63) is 0 Å². The predicted octanol–water partition coefficient (Wildman–Crippen LogP) is 0.117. The molecule has 2 saturated heterocycles. The molecule has 2 aliphatic heterocycles. The zero-order chi connectivity index (χ0) is 12.1. The van der Waals surface area contributed by atoms with Crippen molar-refractivity contribution < 1.29 is 5.11 Å². The quantitative estimate of drug-likeness (QED) is 0.527. The molecule has 94 valence electrons. The summed E-state index contributed by atoms with van der Waals surface area (Å²) in [4.78, 5) is 6.58. The van der Waals surface area contributed by atoms with Crippen molar-refractivity contribution in [3.63, 3.8) is 0 Å². The van der Waals surface area contributed by atoms with Gasteiger partial charge in [0.05, 0.1) is 12.1 Å². The van der Waals surface area contributed by atoms with Gasteiger partial charge in [-0.3, -0.25) is 4.99 Å². The van der Waals surface area contributed by atoms with Crippen LogP contribution in [0.2, 0.25) is 0 Å². The van der Waals surface area contributed by atoms with E-state index in [1.54, 1.807) is 0 Å². The Bertz CT molecular complexity index is 317. The van der Waals surface area contributed by atoms with Crippen LogP contribution in [0.15, 0.2) is 4.99 Å². The number of hydrogen-bond donors (Lipinski definition) is 2. The van der Waals surface area contributed by atoms with Crippen molar-refractivity contribution in [2.75, 3.05) is 26.2 Å². The number of nitrogens with one attached hydrogen (secondary N) is 1. The molecule has 5 heteroatoms. The number of piperidine rings is 1. The largest absolute Gasteiger partial charge is 0.388 e. The third kappa shape index (κ3) is 2.96. The maximum absolute atomic E-state index is 9.43.